The maximum atomic E-state index is 5.66. The Balaban J connectivity index is 2.01. The third-order valence-corrected chi connectivity index (χ3v) is 3.85. The van der Waals surface area contributed by atoms with Crippen LogP contribution in [0.1, 0.15) is 35.4 Å². The van der Waals surface area contributed by atoms with Crippen LogP contribution in [-0.4, -0.2) is 19.7 Å². The Labute approximate surface area is 97.0 Å². The van der Waals surface area contributed by atoms with E-state index in [0.29, 0.717) is 5.92 Å². The second-order valence-corrected chi connectivity index (χ2v) is 4.91. The van der Waals surface area contributed by atoms with Gasteiger partial charge in [0.25, 0.3) is 0 Å². The quantitative estimate of drug-likeness (QED) is 0.780. The summed E-state index contributed by atoms with van der Waals surface area (Å²) >= 11 is 0. The molecule has 0 spiro atoms. The molecule has 2 aliphatic rings. The number of rotatable bonds is 1. The van der Waals surface area contributed by atoms with Crippen LogP contribution in [0.2, 0.25) is 0 Å². The van der Waals surface area contributed by atoms with Crippen molar-refractivity contribution >= 4 is 0 Å². The lowest BCUT2D eigenvalue weighted by Crippen LogP contribution is -2.29. The molecule has 0 saturated carbocycles. The van der Waals surface area contributed by atoms with E-state index in [9.17, 15) is 0 Å². The van der Waals surface area contributed by atoms with Crippen molar-refractivity contribution in [3.63, 3.8) is 0 Å². The molecule has 86 valence electrons. The fourth-order valence-electron chi connectivity index (χ4n) is 3.08. The van der Waals surface area contributed by atoms with Gasteiger partial charge < -0.3 is 10.1 Å². The predicted octanol–water partition coefficient (Wildman–Crippen LogP) is 2.40. The zero-order valence-electron chi connectivity index (χ0n) is 9.88. The predicted molar refractivity (Wildman–Crippen MR) is 65.2 cm³/mol. The fraction of sp³-hybridized carbons (Fsp3) is 0.571. The molecular weight excluding hydrogens is 198 g/mol. The number of hydrogen-bond acceptors (Lipinski definition) is 2. The van der Waals surface area contributed by atoms with Gasteiger partial charge in [-0.3, -0.25) is 0 Å². The molecule has 1 fully saturated rings. The number of nitrogens with one attached hydrogen (secondary N) is 1. The summed E-state index contributed by atoms with van der Waals surface area (Å²) in [5.41, 5.74) is 4.49. The second-order valence-electron chi connectivity index (χ2n) is 4.91. The van der Waals surface area contributed by atoms with Crippen molar-refractivity contribution in [2.75, 3.05) is 19.7 Å². The lowest BCUT2D eigenvalue weighted by molar-refractivity contribution is 0.357. The van der Waals surface area contributed by atoms with Gasteiger partial charge in [-0.05, 0) is 49.4 Å². The van der Waals surface area contributed by atoms with Crippen molar-refractivity contribution in [1.82, 2.24) is 5.32 Å². The third kappa shape index (κ3) is 1.61. The number of fused-ring (bicyclic) bond motifs is 1. The summed E-state index contributed by atoms with van der Waals surface area (Å²) in [7, 11) is 0. The van der Waals surface area contributed by atoms with E-state index in [1.54, 1.807) is 5.56 Å². The van der Waals surface area contributed by atoms with E-state index in [-0.39, 0.29) is 0 Å². The molecule has 1 unspecified atom stereocenters. The summed E-state index contributed by atoms with van der Waals surface area (Å²) in [5.74, 6) is 1.83. The van der Waals surface area contributed by atoms with E-state index in [1.807, 2.05) is 0 Å². The molecule has 2 heteroatoms. The molecular formula is C14H19NO. The second kappa shape index (κ2) is 4.10. The minimum atomic E-state index is 0.699. The molecule has 16 heavy (non-hydrogen) atoms. The highest BCUT2D eigenvalue weighted by Crippen LogP contribution is 2.37. The van der Waals surface area contributed by atoms with Crippen LogP contribution in [0, 0.1) is 6.92 Å². The molecule has 0 aromatic heterocycles. The van der Waals surface area contributed by atoms with E-state index in [1.165, 1.54) is 30.5 Å². The Kier molecular flexibility index (Phi) is 2.60. The summed E-state index contributed by atoms with van der Waals surface area (Å²) in [6.45, 7) is 5.42. The zero-order chi connectivity index (χ0) is 11.0. The smallest absolute Gasteiger partial charge is 0.122 e. The number of aryl methyl sites for hydroxylation is 1. The maximum absolute atomic E-state index is 5.66. The molecule has 2 nitrogen and oxygen atoms in total. The van der Waals surface area contributed by atoms with E-state index in [2.05, 4.69) is 24.4 Å². The molecule has 1 N–H and O–H groups in total. The maximum Gasteiger partial charge on any atom is 0.122 e. The van der Waals surface area contributed by atoms with E-state index in [4.69, 9.17) is 4.74 Å². The Morgan fingerprint density at radius 2 is 2.31 bits per heavy atom. The average Bonchev–Trinajstić information content (AvgIpc) is 2.78. The molecule has 1 atom stereocenters. The molecule has 2 heterocycles. The normalized spacial score (nSPS) is 23.9. The first-order chi connectivity index (χ1) is 7.86. The van der Waals surface area contributed by atoms with Crippen LogP contribution < -0.4 is 10.1 Å². The first-order valence-corrected chi connectivity index (χ1v) is 6.32. The van der Waals surface area contributed by atoms with Gasteiger partial charge in [-0.15, -0.1) is 0 Å². The fourth-order valence-corrected chi connectivity index (χ4v) is 3.08. The lowest BCUT2D eigenvalue weighted by Gasteiger charge is -2.26. The van der Waals surface area contributed by atoms with Crippen LogP contribution in [0.15, 0.2) is 12.1 Å². The van der Waals surface area contributed by atoms with E-state index >= 15 is 0 Å². The van der Waals surface area contributed by atoms with Crippen molar-refractivity contribution in [2.24, 2.45) is 0 Å². The first kappa shape index (κ1) is 10.2. The van der Waals surface area contributed by atoms with Gasteiger partial charge in [-0.25, -0.2) is 0 Å². The van der Waals surface area contributed by atoms with Crippen molar-refractivity contribution in [1.29, 1.82) is 0 Å². The molecule has 2 aliphatic heterocycles. The summed E-state index contributed by atoms with van der Waals surface area (Å²) in [6, 6.07) is 4.35. The van der Waals surface area contributed by atoms with Crippen LogP contribution >= 0.6 is 0 Å². The van der Waals surface area contributed by atoms with Crippen molar-refractivity contribution in [3.8, 4) is 5.75 Å². The minimum absolute atomic E-state index is 0.699. The molecule has 1 aromatic carbocycles. The minimum Gasteiger partial charge on any atom is -0.493 e. The highest BCUT2D eigenvalue weighted by Gasteiger charge is 2.24. The molecule has 3 rings (SSSR count). The highest BCUT2D eigenvalue weighted by molar-refractivity contribution is 5.48. The molecule has 1 saturated heterocycles. The van der Waals surface area contributed by atoms with E-state index < -0.39 is 0 Å². The molecule has 0 aliphatic carbocycles. The van der Waals surface area contributed by atoms with Crippen molar-refractivity contribution < 1.29 is 4.74 Å². The standard InChI is InChI=1S/C14H19NO/c1-10-4-5-13-12(6-8-16-13)14(10)11-3-2-7-15-9-11/h4-5,11,15H,2-3,6-9H2,1H3. The summed E-state index contributed by atoms with van der Waals surface area (Å²) in [4.78, 5) is 0. The molecule has 1 aromatic rings. The summed E-state index contributed by atoms with van der Waals surface area (Å²) in [5, 5.41) is 3.51. The zero-order valence-corrected chi connectivity index (χ0v) is 9.88. The number of benzene rings is 1. The lowest BCUT2D eigenvalue weighted by atomic mass is 9.85. The van der Waals surface area contributed by atoms with Crippen molar-refractivity contribution in [3.05, 3.63) is 28.8 Å². The van der Waals surface area contributed by atoms with Gasteiger partial charge in [-0.1, -0.05) is 6.07 Å². The largest absolute Gasteiger partial charge is 0.493 e. The van der Waals surface area contributed by atoms with Crippen molar-refractivity contribution in [2.45, 2.75) is 32.1 Å². The summed E-state index contributed by atoms with van der Waals surface area (Å²) < 4.78 is 5.66. The average molecular weight is 217 g/mol. The van der Waals surface area contributed by atoms with Gasteiger partial charge in [0, 0.05) is 18.5 Å². The van der Waals surface area contributed by atoms with Crippen LogP contribution in [0.25, 0.3) is 0 Å². The molecule has 0 bridgehead atoms. The van der Waals surface area contributed by atoms with Crippen LogP contribution in [0.5, 0.6) is 5.75 Å². The Bertz CT molecular complexity index is 394. The number of hydrogen-bond donors (Lipinski definition) is 1. The van der Waals surface area contributed by atoms with Crippen LogP contribution in [0.3, 0.4) is 0 Å². The number of ether oxygens (including phenoxy) is 1. The van der Waals surface area contributed by atoms with Gasteiger partial charge in [0.1, 0.15) is 5.75 Å². The van der Waals surface area contributed by atoms with Crippen LogP contribution in [0.4, 0.5) is 0 Å². The third-order valence-electron chi connectivity index (χ3n) is 3.85. The molecule has 0 radical (unpaired) electrons. The highest BCUT2D eigenvalue weighted by atomic mass is 16.5. The Hall–Kier alpha value is -1.02. The Morgan fingerprint density at radius 1 is 1.38 bits per heavy atom. The topological polar surface area (TPSA) is 21.3 Å². The first-order valence-electron chi connectivity index (χ1n) is 6.32. The van der Waals surface area contributed by atoms with Gasteiger partial charge in [0.2, 0.25) is 0 Å². The summed E-state index contributed by atoms with van der Waals surface area (Å²) in [6.07, 6.45) is 3.72. The Morgan fingerprint density at radius 3 is 3.12 bits per heavy atom. The van der Waals surface area contributed by atoms with Gasteiger partial charge >= 0.3 is 0 Å². The van der Waals surface area contributed by atoms with E-state index in [0.717, 1.165) is 25.3 Å². The SMILES string of the molecule is Cc1ccc2c(c1C1CCCNC1)CCO2. The van der Waals surface area contributed by atoms with Gasteiger partial charge in [-0.2, -0.15) is 0 Å². The van der Waals surface area contributed by atoms with Crippen LogP contribution in [-0.2, 0) is 6.42 Å². The van der Waals surface area contributed by atoms with Gasteiger partial charge in [0.15, 0.2) is 0 Å². The monoisotopic (exact) mass is 217 g/mol. The van der Waals surface area contributed by atoms with Gasteiger partial charge in [0.05, 0.1) is 6.61 Å². The number of piperidine rings is 1. The molecule has 0 amide bonds.